The second-order valence-corrected chi connectivity index (χ2v) is 8.33. The number of halogens is 1. The van der Waals surface area contributed by atoms with Crippen LogP contribution < -0.4 is 10.9 Å². The molecule has 1 aromatic carbocycles. The molecule has 2 aromatic heterocycles. The number of H-pyrrole nitrogens is 1. The Kier molecular flexibility index (Phi) is 6.05. The molecule has 0 spiro atoms. The number of fused-ring (bicyclic) bond motifs is 1. The van der Waals surface area contributed by atoms with Crippen molar-refractivity contribution in [1.82, 2.24) is 19.7 Å². The summed E-state index contributed by atoms with van der Waals surface area (Å²) in [4.78, 5) is 17.2. The summed E-state index contributed by atoms with van der Waals surface area (Å²) in [5.41, 5.74) is 2.14. The van der Waals surface area contributed by atoms with E-state index in [1.807, 2.05) is 54.0 Å². The Morgan fingerprint density at radius 1 is 1.29 bits per heavy atom. The lowest BCUT2D eigenvalue weighted by Gasteiger charge is -2.27. The lowest BCUT2D eigenvalue weighted by Crippen LogP contribution is -2.23. The van der Waals surface area contributed by atoms with Gasteiger partial charge in [0.2, 0.25) is 0 Å². The van der Waals surface area contributed by atoms with Crippen LogP contribution in [0.15, 0.2) is 41.3 Å². The molecule has 7 nitrogen and oxygen atoms in total. The van der Waals surface area contributed by atoms with E-state index in [-0.39, 0.29) is 23.6 Å². The molecule has 0 aliphatic heterocycles. The molecule has 8 heteroatoms. The first-order valence-corrected chi connectivity index (χ1v) is 10.6. The second-order valence-electron chi connectivity index (χ2n) is 8.33. The monoisotopic (exact) mass is 422 g/mol. The zero-order chi connectivity index (χ0) is 22.0. The highest BCUT2D eigenvalue weighted by Gasteiger charge is 2.29. The molecule has 1 aliphatic rings. The number of nitrogens with one attached hydrogen (secondary N) is 2. The van der Waals surface area contributed by atoms with E-state index in [4.69, 9.17) is 5.10 Å². The van der Waals surface area contributed by atoms with E-state index in [9.17, 15) is 14.4 Å². The van der Waals surface area contributed by atoms with Crippen LogP contribution in [0.25, 0.3) is 10.9 Å². The summed E-state index contributed by atoms with van der Waals surface area (Å²) in [6, 6.07) is 11.4. The molecule has 1 fully saturated rings. The van der Waals surface area contributed by atoms with Gasteiger partial charge in [-0.25, -0.2) is 4.39 Å². The molecular formula is C23H27FN6O. The lowest BCUT2D eigenvalue weighted by molar-refractivity contribution is 0.242. The Balaban J connectivity index is 1.70. The second kappa shape index (κ2) is 8.90. The molecule has 4 rings (SSSR count). The van der Waals surface area contributed by atoms with Crippen LogP contribution in [0.3, 0.4) is 0 Å². The third-order valence-corrected chi connectivity index (χ3v) is 6.17. The minimum atomic E-state index is -0.467. The number of aromatic nitrogens is 3. The van der Waals surface area contributed by atoms with E-state index >= 15 is 0 Å². The van der Waals surface area contributed by atoms with Gasteiger partial charge < -0.3 is 15.2 Å². The van der Waals surface area contributed by atoms with Gasteiger partial charge in [-0.3, -0.25) is 9.48 Å². The summed E-state index contributed by atoms with van der Waals surface area (Å²) in [7, 11) is 3.70. The summed E-state index contributed by atoms with van der Waals surface area (Å²) in [5.74, 6) is 0.341. The van der Waals surface area contributed by atoms with Gasteiger partial charge in [0, 0.05) is 11.9 Å². The molecule has 0 radical (unpaired) electrons. The van der Waals surface area contributed by atoms with Crippen LogP contribution in [0, 0.1) is 17.2 Å². The highest BCUT2D eigenvalue weighted by Crippen LogP contribution is 2.36. The van der Waals surface area contributed by atoms with Gasteiger partial charge in [0.25, 0.3) is 5.56 Å². The zero-order valence-corrected chi connectivity index (χ0v) is 17.8. The van der Waals surface area contributed by atoms with E-state index in [1.54, 1.807) is 6.20 Å². The minimum Gasteiger partial charge on any atom is -0.338 e. The summed E-state index contributed by atoms with van der Waals surface area (Å²) < 4.78 is 15.2. The third kappa shape index (κ3) is 4.06. The number of alkyl halides is 1. The highest BCUT2D eigenvalue weighted by atomic mass is 19.1. The summed E-state index contributed by atoms with van der Waals surface area (Å²) in [6.07, 6.45) is 5.41. The van der Waals surface area contributed by atoms with E-state index in [0.717, 1.165) is 42.5 Å². The fraction of sp³-hybridized carbons (Fsp3) is 0.435. The fourth-order valence-corrected chi connectivity index (χ4v) is 4.44. The van der Waals surface area contributed by atoms with E-state index < -0.39 is 6.67 Å². The van der Waals surface area contributed by atoms with Crippen LogP contribution in [0.2, 0.25) is 0 Å². The van der Waals surface area contributed by atoms with Crippen molar-refractivity contribution in [1.29, 1.82) is 5.26 Å². The fourth-order valence-electron chi connectivity index (χ4n) is 4.44. The maximum atomic E-state index is 13.4. The Bertz CT molecular complexity index is 1140. The average molecular weight is 423 g/mol. The predicted molar refractivity (Wildman–Crippen MR) is 119 cm³/mol. The van der Waals surface area contributed by atoms with Crippen LogP contribution in [0.5, 0.6) is 0 Å². The van der Waals surface area contributed by atoms with E-state index in [1.165, 1.54) is 0 Å². The Morgan fingerprint density at radius 3 is 2.71 bits per heavy atom. The first-order valence-electron chi connectivity index (χ1n) is 10.6. The Morgan fingerprint density at radius 2 is 2.03 bits per heavy atom. The van der Waals surface area contributed by atoms with Gasteiger partial charge in [-0.2, -0.15) is 10.4 Å². The molecule has 2 N–H and O–H groups in total. The van der Waals surface area contributed by atoms with Crippen LogP contribution in [-0.4, -0.2) is 40.4 Å². The molecule has 2 heterocycles. The zero-order valence-electron chi connectivity index (χ0n) is 17.8. The maximum absolute atomic E-state index is 13.4. The van der Waals surface area contributed by atoms with Crippen molar-refractivity contribution in [3.63, 3.8) is 0 Å². The topological polar surface area (TPSA) is 89.7 Å². The number of nitrogens with zero attached hydrogens (tertiary/aromatic N) is 4. The lowest BCUT2D eigenvalue weighted by atomic mass is 9.85. The highest BCUT2D eigenvalue weighted by molar-refractivity contribution is 5.91. The molecule has 3 atom stereocenters. The standard InChI is InChI=1S/C23H27FN6O/c1-29(2)20(13-24)15-7-9-17(10-8-15)27-22-21-19(11-12-26-23(21)31)30(28-22)18-6-4-3-5-16(18)14-25/h7-12,16,18,20H,3-6,13H2,1-2H3,(H,26,31)(H,27,28)/t16-,18+,20?/m1/s1. The van der Waals surface area contributed by atoms with Crippen molar-refractivity contribution in [2.24, 2.45) is 5.92 Å². The average Bonchev–Trinajstić information content (AvgIpc) is 3.14. The number of aromatic amines is 1. The molecule has 0 saturated heterocycles. The summed E-state index contributed by atoms with van der Waals surface area (Å²) in [5, 5.41) is 18.1. The van der Waals surface area contributed by atoms with Gasteiger partial charge in [-0.05, 0) is 50.7 Å². The van der Waals surface area contributed by atoms with Crippen molar-refractivity contribution in [3.05, 3.63) is 52.4 Å². The van der Waals surface area contributed by atoms with Crippen LogP contribution in [0.4, 0.5) is 15.9 Å². The van der Waals surface area contributed by atoms with Crippen LogP contribution in [-0.2, 0) is 0 Å². The Hall–Kier alpha value is -3.18. The Labute approximate surface area is 180 Å². The van der Waals surface area contributed by atoms with Crippen LogP contribution in [0.1, 0.15) is 43.3 Å². The van der Waals surface area contributed by atoms with Gasteiger partial charge in [0.05, 0.1) is 29.6 Å². The largest absolute Gasteiger partial charge is 0.338 e. The minimum absolute atomic E-state index is 0.0496. The predicted octanol–water partition coefficient (Wildman–Crippen LogP) is 4.30. The van der Waals surface area contributed by atoms with Gasteiger partial charge in [0.15, 0.2) is 5.82 Å². The van der Waals surface area contributed by atoms with Gasteiger partial charge in [0.1, 0.15) is 12.1 Å². The smallest absolute Gasteiger partial charge is 0.261 e. The molecule has 0 amide bonds. The van der Waals surface area contributed by atoms with E-state index in [2.05, 4.69) is 16.4 Å². The van der Waals surface area contributed by atoms with Gasteiger partial charge in [-0.1, -0.05) is 25.0 Å². The molecule has 1 aliphatic carbocycles. The number of anilines is 2. The van der Waals surface area contributed by atoms with Gasteiger partial charge >= 0.3 is 0 Å². The summed E-state index contributed by atoms with van der Waals surface area (Å²) in [6.45, 7) is -0.467. The van der Waals surface area contributed by atoms with Crippen molar-refractivity contribution in [2.45, 2.75) is 37.8 Å². The first kappa shape index (κ1) is 21.1. The molecule has 162 valence electrons. The normalized spacial score (nSPS) is 20.0. The number of nitriles is 1. The van der Waals surface area contributed by atoms with Crippen molar-refractivity contribution in [3.8, 4) is 6.07 Å². The van der Waals surface area contributed by atoms with Crippen molar-refractivity contribution < 1.29 is 4.39 Å². The van der Waals surface area contributed by atoms with Gasteiger partial charge in [-0.15, -0.1) is 0 Å². The SMILES string of the molecule is CN(C)C(CF)c1ccc(Nc2nn([C@H]3CCCC[C@@H]3C#N)c3cc[nH]c(=O)c23)cc1. The van der Waals surface area contributed by atoms with Crippen LogP contribution >= 0.6 is 0 Å². The number of rotatable bonds is 6. The number of benzene rings is 1. The number of hydrogen-bond acceptors (Lipinski definition) is 5. The van der Waals surface area contributed by atoms with Crippen molar-refractivity contribution >= 4 is 22.4 Å². The summed E-state index contributed by atoms with van der Waals surface area (Å²) >= 11 is 0. The van der Waals surface area contributed by atoms with Crippen molar-refractivity contribution in [2.75, 3.05) is 26.1 Å². The quantitative estimate of drug-likeness (QED) is 0.618. The molecule has 1 saturated carbocycles. The van der Waals surface area contributed by atoms with E-state index in [0.29, 0.717) is 11.2 Å². The molecule has 0 bridgehead atoms. The number of hydrogen-bond donors (Lipinski definition) is 2. The first-order chi connectivity index (χ1) is 15.0. The molecule has 1 unspecified atom stereocenters. The molecule has 31 heavy (non-hydrogen) atoms. The molecule has 3 aromatic rings. The molecular weight excluding hydrogens is 395 g/mol. The maximum Gasteiger partial charge on any atom is 0.261 e. The third-order valence-electron chi connectivity index (χ3n) is 6.17. The number of pyridine rings is 1.